The lowest BCUT2D eigenvalue weighted by Crippen LogP contribution is -2.33. The quantitative estimate of drug-likeness (QED) is 0.220. The molecule has 2 aromatic carbocycles. The lowest BCUT2D eigenvalue weighted by Gasteiger charge is -2.15. The van der Waals surface area contributed by atoms with Crippen molar-refractivity contribution in [3.63, 3.8) is 0 Å². The first-order valence-electron chi connectivity index (χ1n) is 12.5. The average Bonchev–Trinajstić information content (AvgIpc) is 3.56. The van der Waals surface area contributed by atoms with Crippen molar-refractivity contribution >= 4 is 21.8 Å². The van der Waals surface area contributed by atoms with E-state index in [2.05, 4.69) is 92.7 Å². The van der Waals surface area contributed by atoms with Gasteiger partial charge in [-0.2, -0.15) is 0 Å². The maximum Gasteiger partial charge on any atom is 0.326 e. The van der Waals surface area contributed by atoms with Gasteiger partial charge in [-0.3, -0.25) is 9.97 Å². The van der Waals surface area contributed by atoms with Crippen LogP contribution in [0, 0.1) is 20.0 Å². The fourth-order valence-corrected chi connectivity index (χ4v) is 5.44. The van der Waals surface area contributed by atoms with Crippen LogP contribution in [0.2, 0.25) is 0 Å². The smallest absolute Gasteiger partial charge is 0.326 e. The van der Waals surface area contributed by atoms with Gasteiger partial charge in [-0.25, -0.2) is 4.57 Å². The van der Waals surface area contributed by atoms with Crippen molar-refractivity contribution in [2.24, 2.45) is 0 Å². The number of nitrogens with zero attached hydrogens (tertiary/aromatic N) is 6. The minimum Gasteiger partial charge on any atom is -0.327 e. The summed E-state index contributed by atoms with van der Waals surface area (Å²) in [5.74, 6) is 0.807. The minimum absolute atomic E-state index is 0.807. The van der Waals surface area contributed by atoms with E-state index in [1.54, 1.807) is 0 Å². The third-order valence-corrected chi connectivity index (χ3v) is 7.03. The first-order chi connectivity index (χ1) is 18.7. The Hall–Kier alpha value is -5.10. The lowest BCUT2D eigenvalue weighted by atomic mass is 9.98. The van der Waals surface area contributed by atoms with E-state index in [1.807, 2.05) is 66.1 Å². The van der Waals surface area contributed by atoms with E-state index in [1.165, 1.54) is 16.7 Å². The van der Waals surface area contributed by atoms with Crippen LogP contribution in [0.1, 0.15) is 11.1 Å². The number of fused-ring (bicyclic) bond motifs is 3. The van der Waals surface area contributed by atoms with Gasteiger partial charge in [-0.15, -0.1) is 23.2 Å². The Morgan fingerprint density at radius 3 is 2.18 bits per heavy atom. The van der Waals surface area contributed by atoms with E-state index in [4.69, 9.17) is 0 Å². The Bertz CT molecular complexity index is 1870. The van der Waals surface area contributed by atoms with Gasteiger partial charge < -0.3 is 9.13 Å². The van der Waals surface area contributed by atoms with Gasteiger partial charge in [0.05, 0.1) is 17.2 Å². The van der Waals surface area contributed by atoms with Gasteiger partial charge >= 0.3 is 5.95 Å². The molecule has 0 bridgehead atoms. The van der Waals surface area contributed by atoms with E-state index in [9.17, 15) is 0 Å². The van der Waals surface area contributed by atoms with Crippen LogP contribution >= 0.6 is 0 Å². The number of benzene rings is 2. The molecular weight excluding hydrogens is 468 g/mol. The average molecular weight is 493 g/mol. The van der Waals surface area contributed by atoms with Crippen LogP contribution in [0.15, 0.2) is 110 Å². The number of rotatable bonds is 4. The number of hydrogen-bond donors (Lipinski definition) is 0. The number of hydrogen-bond acceptors (Lipinski definition) is 3. The highest BCUT2D eigenvalue weighted by Crippen LogP contribution is 2.33. The van der Waals surface area contributed by atoms with Crippen LogP contribution in [0.4, 0.5) is 0 Å². The molecule has 0 aliphatic heterocycles. The summed E-state index contributed by atoms with van der Waals surface area (Å²) in [6.45, 7) is 4.32. The molecule has 6 nitrogen and oxygen atoms in total. The highest BCUT2D eigenvalue weighted by atomic mass is 15.2. The number of aryl methyl sites for hydroxylation is 2. The first-order valence-corrected chi connectivity index (χ1v) is 12.5. The fraction of sp³-hybridized carbons (Fsp3) is 0.0625. The molecule has 5 heterocycles. The van der Waals surface area contributed by atoms with Gasteiger partial charge in [0.15, 0.2) is 0 Å². The van der Waals surface area contributed by atoms with Crippen LogP contribution in [0.25, 0.3) is 50.3 Å². The minimum atomic E-state index is 0.807. The number of imidazole rings is 1. The van der Waals surface area contributed by atoms with E-state index in [0.717, 1.165) is 44.7 Å². The molecule has 0 saturated heterocycles. The summed E-state index contributed by atoms with van der Waals surface area (Å²) >= 11 is 0. The van der Waals surface area contributed by atoms with Crippen molar-refractivity contribution in [3.8, 4) is 28.5 Å². The van der Waals surface area contributed by atoms with Crippen molar-refractivity contribution in [2.75, 3.05) is 0 Å². The molecule has 0 amide bonds. The lowest BCUT2D eigenvalue weighted by molar-refractivity contribution is -0.609. The molecular formula is C32H24N6. The maximum absolute atomic E-state index is 4.60. The van der Waals surface area contributed by atoms with Crippen molar-refractivity contribution < 1.29 is 4.57 Å². The zero-order chi connectivity index (χ0) is 25.6. The second kappa shape index (κ2) is 8.78. The zero-order valence-electron chi connectivity index (χ0n) is 21.1. The molecule has 0 N–H and O–H groups in total. The fourth-order valence-electron chi connectivity index (χ4n) is 5.44. The van der Waals surface area contributed by atoms with Gasteiger partial charge in [-0.1, -0.05) is 12.1 Å². The molecule has 0 saturated carbocycles. The van der Waals surface area contributed by atoms with Crippen molar-refractivity contribution in [1.29, 1.82) is 0 Å². The van der Waals surface area contributed by atoms with Crippen LogP contribution in [-0.2, 0) is 0 Å². The normalized spacial score (nSPS) is 11.4. The highest BCUT2D eigenvalue weighted by Gasteiger charge is 2.17. The largest absolute Gasteiger partial charge is 0.327 e. The van der Waals surface area contributed by atoms with Gasteiger partial charge in [0.1, 0.15) is 11.9 Å². The summed E-state index contributed by atoms with van der Waals surface area (Å²) in [5.41, 5.74) is 9.16. The number of aromatic nitrogens is 6. The molecule has 7 aromatic rings. The topological polar surface area (TPSA) is 52.4 Å². The SMILES string of the molecule is Cc1cc(-c2cccc(-n3c4ccncc4c4cnccc43)c2)cc(C)c1-n1ccnc1-[n+]1[c-]cccc1. The Labute approximate surface area is 220 Å². The Balaban J connectivity index is 1.35. The van der Waals surface area contributed by atoms with Crippen molar-refractivity contribution in [3.05, 3.63) is 127 Å². The maximum atomic E-state index is 4.60. The second-order valence-electron chi connectivity index (χ2n) is 9.43. The van der Waals surface area contributed by atoms with Gasteiger partial charge in [0.25, 0.3) is 0 Å². The van der Waals surface area contributed by atoms with Crippen LogP contribution < -0.4 is 4.57 Å². The molecule has 182 valence electrons. The first kappa shape index (κ1) is 22.1. The van der Waals surface area contributed by atoms with Crippen LogP contribution in [-0.4, -0.2) is 24.1 Å². The standard InChI is InChI=1S/C32H24N6/c1-22-17-25(18-23(2)31(22)37-16-13-35-32(37)36-14-4-3-5-15-36)24-7-6-8-26(19-24)38-29-9-11-33-20-27(29)28-21-34-12-10-30(28)38/h3-14,16-21H,1-2H3. The molecule has 0 aliphatic rings. The number of pyridine rings is 3. The van der Waals surface area contributed by atoms with E-state index >= 15 is 0 Å². The molecule has 0 aliphatic carbocycles. The summed E-state index contributed by atoms with van der Waals surface area (Å²) in [6.07, 6.45) is 16.5. The van der Waals surface area contributed by atoms with E-state index in [0.29, 0.717) is 0 Å². The Kier molecular flexibility index (Phi) is 5.11. The van der Waals surface area contributed by atoms with Gasteiger partial charge in [0, 0.05) is 47.4 Å². The third kappa shape index (κ3) is 3.50. The predicted molar refractivity (Wildman–Crippen MR) is 149 cm³/mol. The summed E-state index contributed by atoms with van der Waals surface area (Å²) < 4.78 is 6.32. The summed E-state index contributed by atoms with van der Waals surface area (Å²) in [5, 5.41) is 2.20. The Morgan fingerprint density at radius 1 is 0.763 bits per heavy atom. The van der Waals surface area contributed by atoms with Crippen molar-refractivity contribution in [2.45, 2.75) is 13.8 Å². The monoisotopic (exact) mass is 492 g/mol. The van der Waals surface area contributed by atoms with Crippen LogP contribution in [0.5, 0.6) is 0 Å². The molecule has 0 spiro atoms. The van der Waals surface area contributed by atoms with Crippen molar-refractivity contribution in [1.82, 2.24) is 24.1 Å². The molecule has 0 radical (unpaired) electrons. The molecule has 5 aromatic heterocycles. The molecule has 6 heteroatoms. The summed E-state index contributed by atoms with van der Waals surface area (Å²) in [4.78, 5) is 13.3. The van der Waals surface area contributed by atoms with E-state index in [-0.39, 0.29) is 0 Å². The zero-order valence-corrected chi connectivity index (χ0v) is 21.1. The molecule has 0 unspecified atom stereocenters. The predicted octanol–water partition coefficient (Wildman–Crippen LogP) is 6.12. The van der Waals surface area contributed by atoms with E-state index < -0.39 is 0 Å². The van der Waals surface area contributed by atoms with Gasteiger partial charge in [0.2, 0.25) is 0 Å². The summed E-state index contributed by atoms with van der Waals surface area (Å²) in [6, 6.07) is 23.2. The second-order valence-corrected chi connectivity index (χ2v) is 9.43. The third-order valence-electron chi connectivity index (χ3n) is 7.03. The Morgan fingerprint density at radius 2 is 1.50 bits per heavy atom. The van der Waals surface area contributed by atoms with Crippen LogP contribution in [0.3, 0.4) is 0 Å². The molecule has 7 rings (SSSR count). The molecule has 38 heavy (non-hydrogen) atoms. The highest BCUT2D eigenvalue weighted by molar-refractivity contribution is 6.08. The molecule has 0 atom stereocenters. The summed E-state index contributed by atoms with van der Waals surface area (Å²) in [7, 11) is 0. The van der Waals surface area contributed by atoms with Gasteiger partial charge in [-0.05, 0) is 78.7 Å². The molecule has 0 fully saturated rings.